The maximum atomic E-state index is 11.4. The summed E-state index contributed by atoms with van der Waals surface area (Å²) in [6, 6.07) is 7.71. The third-order valence-electron chi connectivity index (χ3n) is 3.25. The first-order valence-electron chi connectivity index (χ1n) is 6.32. The normalized spacial score (nSPS) is 13.8. The maximum Gasteiger partial charge on any atom is 0.224 e. The predicted molar refractivity (Wildman–Crippen MR) is 84.5 cm³/mol. The van der Waals surface area contributed by atoms with Gasteiger partial charge in [0, 0.05) is 23.5 Å². The van der Waals surface area contributed by atoms with Gasteiger partial charge in [0.25, 0.3) is 0 Å². The molecule has 20 heavy (non-hydrogen) atoms. The van der Waals surface area contributed by atoms with E-state index in [-0.39, 0.29) is 5.91 Å². The zero-order valence-corrected chi connectivity index (χ0v) is 12.3. The minimum atomic E-state index is 0.0471. The number of benzene rings is 1. The largest absolute Gasteiger partial charge is 0.397 e. The average molecular weight is 308 g/mol. The molecule has 3 rings (SSSR count). The number of halogens is 1. The summed E-state index contributed by atoms with van der Waals surface area (Å²) in [5.41, 5.74) is 9.49. The zero-order chi connectivity index (χ0) is 14.1. The number of amides is 1. The fraction of sp³-hybridized carbons (Fsp3) is 0.214. The van der Waals surface area contributed by atoms with E-state index < -0.39 is 0 Å². The molecular weight excluding hydrogens is 294 g/mol. The molecule has 0 unspecified atom stereocenters. The third-order valence-corrected chi connectivity index (χ3v) is 4.48. The molecule has 1 aliphatic rings. The van der Waals surface area contributed by atoms with Gasteiger partial charge in [-0.3, -0.25) is 4.79 Å². The van der Waals surface area contributed by atoms with Crippen LogP contribution >= 0.6 is 22.9 Å². The summed E-state index contributed by atoms with van der Waals surface area (Å²) >= 11 is 7.45. The van der Waals surface area contributed by atoms with Crippen LogP contribution in [0.2, 0.25) is 4.34 Å². The number of rotatable bonds is 3. The molecular formula is C14H14ClN3OS. The number of anilines is 3. The molecule has 0 fully saturated rings. The molecule has 0 spiro atoms. The number of carbonyl (C=O) groups is 1. The van der Waals surface area contributed by atoms with Gasteiger partial charge in [-0.05, 0) is 36.2 Å². The van der Waals surface area contributed by atoms with Crippen LogP contribution in [0.15, 0.2) is 24.3 Å². The Morgan fingerprint density at radius 3 is 2.95 bits per heavy atom. The molecule has 1 aromatic carbocycles. The summed E-state index contributed by atoms with van der Waals surface area (Å²) in [4.78, 5) is 12.5. The lowest BCUT2D eigenvalue weighted by Crippen LogP contribution is -2.19. The number of thiophene rings is 1. The second-order valence-corrected chi connectivity index (χ2v) is 6.50. The van der Waals surface area contributed by atoms with Gasteiger partial charge in [-0.1, -0.05) is 11.6 Å². The van der Waals surface area contributed by atoms with Gasteiger partial charge in [0.15, 0.2) is 0 Å². The Kier molecular flexibility index (Phi) is 3.54. The monoisotopic (exact) mass is 307 g/mol. The van der Waals surface area contributed by atoms with Crippen molar-refractivity contribution in [1.82, 2.24) is 0 Å². The molecule has 0 radical (unpaired) electrons. The van der Waals surface area contributed by atoms with Crippen molar-refractivity contribution in [1.29, 1.82) is 0 Å². The van der Waals surface area contributed by atoms with Gasteiger partial charge in [-0.15, -0.1) is 11.3 Å². The van der Waals surface area contributed by atoms with E-state index in [1.807, 2.05) is 24.3 Å². The highest BCUT2D eigenvalue weighted by Gasteiger charge is 2.16. The lowest BCUT2D eigenvalue weighted by molar-refractivity contribution is -0.116. The second-order valence-electron chi connectivity index (χ2n) is 4.70. The van der Waals surface area contributed by atoms with Crippen LogP contribution < -0.4 is 16.4 Å². The molecule has 4 nitrogen and oxygen atoms in total. The van der Waals surface area contributed by atoms with Crippen molar-refractivity contribution < 1.29 is 4.79 Å². The highest BCUT2D eigenvalue weighted by atomic mass is 35.5. The van der Waals surface area contributed by atoms with Crippen LogP contribution in [0.5, 0.6) is 0 Å². The number of hydrogen-bond donors (Lipinski definition) is 3. The SMILES string of the molecule is Nc1cc2c(cc1NCc1ccc(Cl)s1)CCC(=O)N2. The molecule has 1 aliphatic heterocycles. The third kappa shape index (κ3) is 2.73. The summed E-state index contributed by atoms with van der Waals surface area (Å²) in [5.74, 6) is 0.0471. The number of nitrogen functional groups attached to an aromatic ring is 1. The van der Waals surface area contributed by atoms with Crippen molar-refractivity contribution in [2.75, 3.05) is 16.4 Å². The van der Waals surface area contributed by atoms with Crippen LogP contribution in [0, 0.1) is 0 Å². The first kappa shape index (κ1) is 13.3. The quantitative estimate of drug-likeness (QED) is 0.761. The molecule has 0 bridgehead atoms. The first-order valence-corrected chi connectivity index (χ1v) is 7.51. The molecule has 104 valence electrons. The summed E-state index contributed by atoms with van der Waals surface area (Å²) < 4.78 is 0.780. The molecule has 0 saturated carbocycles. The van der Waals surface area contributed by atoms with Crippen molar-refractivity contribution in [2.45, 2.75) is 19.4 Å². The number of fused-ring (bicyclic) bond motifs is 1. The molecule has 2 heterocycles. The molecule has 0 saturated heterocycles. The second kappa shape index (κ2) is 5.34. The van der Waals surface area contributed by atoms with Gasteiger partial charge in [0.2, 0.25) is 5.91 Å². The van der Waals surface area contributed by atoms with Gasteiger partial charge in [-0.2, -0.15) is 0 Å². The lowest BCUT2D eigenvalue weighted by atomic mass is 10.0. The molecule has 1 aromatic heterocycles. The minimum Gasteiger partial charge on any atom is -0.397 e. The van der Waals surface area contributed by atoms with Gasteiger partial charge in [0.1, 0.15) is 0 Å². The summed E-state index contributed by atoms with van der Waals surface area (Å²) in [7, 11) is 0. The van der Waals surface area contributed by atoms with Crippen LogP contribution in [0.4, 0.5) is 17.1 Å². The Morgan fingerprint density at radius 1 is 1.35 bits per heavy atom. The van der Waals surface area contributed by atoms with Gasteiger partial charge >= 0.3 is 0 Å². The van der Waals surface area contributed by atoms with Crippen molar-refractivity contribution >= 4 is 45.9 Å². The van der Waals surface area contributed by atoms with Crippen LogP contribution in [0.1, 0.15) is 16.9 Å². The van der Waals surface area contributed by atoms with E-state index in [1.165, 1.54) is 0 Å². The Bertz CT molecular complexity index is 668. The molecule has 0 atom stereocenters. The Balaban J connectivity index is 1.78. The van der Waals surface area contributed by atoms with Crippen LogP contribution in [-0.2, 0) is 17.8 Å². The number of aryl methyl sites for hydroxylation is 1. The Morgan fingerprint density at radius 2 is 2.20 bits per heavy atom. The standard InChI is InChI=1S/C14H14ClN3OS/c15-13-3-2-9(20-13)7-17-12-5-8-1-4-14(19)18-11(8)6-10(12)16/h2-3,5-6,17H,1,4,7,16H2,(H,18,19). The van der Waals surface area contributed by atoms with E-state index in [0.29, 0.717) is 18.7 Å². The molecule has 0 aliphatic carbocycles. The van der Waals surface area contributed by atoms with E-state index in [9.17, 15) is 4.79 Å². The summed E-state index contributed by atoms with van der Waals surface area (Å²) in [6.07, 6.45) is 1.28. The Hall–Kier alpha value is -1.72. The van der Waals surface area contributed by atoms with E-state index >= 15 is 0 Å². The van der Waals surface area contributed by atoms with Crippen LogP contribution in [0.3, 0.4) is 0 Å². The molecule has 1 amide bonds. The fourth-order valence-corrected chi connectivity index (χ4v) is 3.25. The number of nitrogens with one attached hydrogen (secondary N) is 2. The zero-order valence-electron chi connectivity index (χ0n) is 10.7. The highest BCUT2D eigenvalue weighted by molar-refractivity contribution is 7.16. The molecule has 6 heteroatoms. The van der Waals surface area contributed by atoms with Crippen LogP contribution in [0.25, 0.3) is 0 Å². The lowest BCUT2D eigenvalue weighted by Gasteiger charge is -2.19. The minimum absolute atomic E-state index is 0.0471. The van der Waals surface area contributed by atoms with Crippen LogP contribution in [-0.4, -0.2) is 5.91 Å². The van der Waals surface area contributed by atoms with E-state index in [0.717, 1.165) is 32.6 Å². The number of nitrogens with two attached hydrogens (primary N) is 1. The van der Waals surface area contributed by atoms with Crippen molar-refractivity contribution in [3.8, 4) is 0 Å². The maximum absolute atomic E-state index is 11.4. The van der Waals surface area contributed by atoms with E-state index in [1.54, 1.807) is 11.3 Å². The fourth-order valence-electron chi connectivity index (χ4n) is 2.23. The average Bonchev–Trinajstić information content (AvgIpc) is 2.82. The van der Waals surface area contributed by atoms with E-state index in [4.69, 9.17) is 17.3 Å². The van der Waals surface area contributed by atoms with E-state index in [2.05, 4.69) is 10.6 Å². The smallest absolute Gasteiger partial charge is 0.224 e. The Labute approximate surface area is 125 Å². The van der Waals surface area contributed by atoms with Crippen molar-refractivity contribution in [2.24, 2.45) is 0 Å². The van der Waals surface area contributed by atoms with Gasteiger partial charge in [0.05, 0.1) is 15.7 Å². The summed E-state index contributed by atoms with van der Waals surface area (Å²) in [5, 5.41) is 6.16. The number of carbonyl (C=O) groups excluding carboxylic acids is 1. The van der Waals surface area contributed by atoms with Crippen molar-refractivity contribution in [3.05, 3.63) is 39.0 Å². The van der Waals surface area contributed by atoms with Gasteiger partial charge in [-0.25, -0.2) is 0 Å². The molecule has 4 N–H and O–H groups in total. The highest BCUT2D eigenvalue weighted by Crippen LogP contribution is 2.31. The summed E-state index contributed by atoms with van der Waals surface area (Å²) in [6.45, 7) is 0.687. The topological polar surface area (TPSA) is 67.1 Å². The first-order chi connectivity index (χ1) is 9.61. The molecule has 2 aromatic rings. The van der Waals surface area contributed by atoms with Crippen molar-refractivity contribution in [3.63, 3.8) is 0 Å². The number of hydrogen-bond acceptors (Lipinski definition) is 4. The predicted octanol–water partition coefficient (Wildman–Crippen LogP) is 3.48. The van der Waals surface area contributed by atoms with Gasteiger partial charge < -0.3 is 16.4 Å².